The SMILES string of the molecule is CCC(C)NP. The maximum absolute atomic E-state index is 3.03. The molecule has 0 aromatic rings. The van der Waals surface area contributed by atoms with Gasteiger partial charge in [-0.3, -0.25) is 5.09 Å². The summed E-state index contributed by atoms with van der Waals surface area (Å²) in [5, 5.41) is 3.03. The minimum atomic E-state index is 0.648. The standard InChI is InChI=1S/C4H12NP/c1-3-4(2)5-6/h4-5H,3,6H2,1-2H3. The Kier molecular flexibility index (Phi) is 3.81. The predicted molar refractivity (Wildman–Crippen MR) is 32.6 cm³/mol. The minimum absolute atomic E-state index is 0.648. The van der Waals surface area contributed by atoms with Crippen molar-refractivity contribution in [1.82, 2.24) is 5.09 Å². The number of nitrogens with one attached hydrogen (secondary N) is 1. The van der Waals surface area contributed by atoms with Gasteiger partial charge in [-0.25, -0.2) is 0 Å². The Morgan fingerprint density at radius 2 is 2.33 bits per heavy atom. The molecule has 2 unspecified atom stereocenters. The average molecular weight is 105 g/mol. The highest BCUT2D eigenvalue weighted by Crippen LogP contribution is 1.87. The first kappa shape index (κ1) is 6.39. The zero-order valence-electron chi connectivity index (χ0n) is 4.36. The summed E-state index contributed by atoms with van der Waals surface area (Å²) in [4.78, 5) is 0. The molecule has 0 aromatic carbocycles. The van der Waals surface area contributed by atoms with Gasteiger partial charge in [-0.2, -0.15) is 0 Å². The van der Waals surface area contributed by atoms with Crippen molar-refractivity contribution in [3.63, 3.8) is 0 Å². The van der Waals surface area contributed by atoms with E-state index in [4.69, 9.17) is 0 Å². The first-order valence-electron chi connectivity index (χ1n) is 2.27. The van der Waals surface area contributed by atoms with Crippen LogP contribution in [0, 0.1) is 0 Å². The molecule has 2 heteroatoms. The molecule has 0 saturated carbocycles. The van der Waals surface area contributed by atoms with Gasteiger partial charge in [0.05, 0.1) is 0 Å². The topological polar surface area (TPSA) is 12.0 Å². The summed E-state index contributed by atoms with van der Waals surface area (Å²) in [6.45, 7) is 4.30. The smallest absolute Gasteiger partial charge is 0.00679 e. The van der Waals surface area contributed by atoms with Gasteiger partial charge in [0.1, 0.15) is 0 Å². The molecule has 0 aliphatic carbocycles. The summed E-state index contributed by atoms with van der Waals surface area (Å²) in [5.41, 5.74) is 0. The van der Waals surface area contributed by atoms with Gasteiger partial charge >= 0.3 is 0 Å². The Morgan fingerprint density at radius 1 is 1.83 bits per heavy atom. The van der Waals surface area contributed by atoms with Crippen LogP contribution in [0.1, 0.15) is 20.3 Å². The van der Waals surface area contributed by atoms with Crippen molar-refractivity contribution in [3.8, 4) is 0 Å². The lowest BCUT2D eigenvalue weighted by atomic mass is 10.3. The van der Waals surface area contributed by atoms with Gasteiger partial charge in [0.2, 0.25) is 0 Å². The highest BCUT2D eigenvalue weighted by Gasteiger charge is 1.86. The molecule has 0 fully saturated rings. The molecule has 38 valence electrons. The van der Waals surface area contributed by atoms with Crippen LogP contribution in [0.15, 0.2) is 0 Å². The fourth-order valence-corrected chi connectivity index (χ4v) is 0.354. The fraction of sp³-hybridized carbons (Fsp3) is 1.00. The van der Waals surface area contributed by atoms with Crippen molar-refractivity contribution < 1.29 is 0 Å². The maximum Gasteiger partial charge on any atom is 0.00679 e. The highest BCUT2D eigenvalue weighted by atomic mass is 31.0. The average Bonchev–Trinajstić information content (AvgIpc) is 1.65. The zero-order valence-corrected chi connectivity index (χ0v) is 5.52. The van der Waals surface area contributed by atoms with Gasteiger partial charge in [0.15, 0.2) is 0 Å². The summed E-state index contributed by atoms with van der Waals surface area (Å²) < 4.78 is 0. The van der Waals surface area contributed by atoms with Crippen molar-refractivity contribution in [3.05, 3.63) is 0 Å². The lowest BCUT2D eigenvalue weighted by molar-refractivity contribution is 0.669. The largest absolute Gasteiger partial charge is 0.298 e. The van der Waals surface area contributed by atoms with E-state index >= 15 is 0 Å². The van der Waals surface area contributed by atoms with Crippen LogP contribution in [0.5, 0.6) is 0 Å². The van der Waals surface area contributed by atoms with Gasteiger partial charge < -0.3 is 0 Å². The fourth-order valence-electron chi connectivity index (χ4n) is 0.118. The number of rotatable bonds is 2. The molecule has 0 aliphatic rings. The van der Waals surface area contributed by atoms with Crippen LogP contribution in [-0.2, 0) is 0 Å². The van der Waals surface area contributed by atoms with E-state index in [0.29, 0.717) is 6.04 Å². The van der Waals surface area contributed by atoms with Crippen molar-refractivity contribution in [1.29, 1.82) is 0 Å². The summed E-state index contributed by atoms with van der Waals surface area (Å²) in [7, 11) is 2.49. The van der Waals surface area contributed by atoms with E-state index in [9.17, 15) is 0 Å². The van der Waals surface area contributed by atoms with E-state index in [1.165, 1.54) is 6.42 Å². The first-order valence-corrected chi connectivity index (χ1v) is 2.85. The van der Waals surface area contributed by atoms with E-state index in [1.807, 2.05) is 0 Å². The van der Waals surface area contributed by atoms with E-state index in [1.54, 1.807) is 0 Å². The molecular weight excluding hydrogens is 93.0 g/mol. The van der Waals surface area contributed by atoms with Gasteiger partial charge in [-0.15, -0.1) is 0 Å². The van der Waals surface area contributed by atoms with Crippen molar-refractivity contribution in [2.45, 2.75) is 26.3 Å². The lowest BCUT2D eigenvalue weighted by Gasteiger charge is -2.01. The van der Waals surface area contributed by atoms with E-state index in [2.05, 4.69) is 28.3 Å². The van der Waals surface area contributed by atoms with Gasteiger partial charge in [0, 0.05) is 6.04 Å². The second-order valence-electron chi connectivity index (χ2n) is 1.48. The lowest BCUT2D eigenvalue weighted by Crippen LogP contribution is -2.12. The maximum atomic E-state index is 3.03. The van der Waals surface area contributed by atoms with Crippen molar-refractivity contribution in [2.75, 3.05) is 0 Å². The summed E-state index contributed by atoms with van der Waals surface area (Å²) >= 11 is 0. The molecule has 0 bridgehead atoms. The normalized spacial score (nSPS) is 14.5. The summed E-state index contributed by atoms with van der Waals surface area (Å²) in [6.07, 6.45) is 1.20. The Bertz CT molecular complexity index is 26.7. The van der Waals surface area contributed by atoms with Crippen molar-refractivity contribution >= 4 is 9.39 Å². The summed E-state index contributed by atoms with van der Waals surface area (Å²) in [6, 6.07) is 0.648. The molecule has 0 radical (unpaired) electrons. The third kappa shape index (κ3) is 2.62. The van der Waals surface area contributed by atoms with Crippen LogP contribution in [0.4, 0.5) is 0 Å². The van der Waals surface area contributed by atoms with Gasteiger partial charge in [-0.05, 0) is 13.3 Å². The Morgan fingerprint density at radius 3 is 2.33 bits per heavy atom. The van der Waals surface area contributed by atoms with Crippen LogP contribution in [-0.4, -0.2) is 6.04 Å². The molecular formula is C4H12NP. The van der Waals surface area contributed by atoms with Crippen LogP contribution >= 0.6 is 9.39 Å². The molecule has 0 aliphatic heterocycles. The third-order valence-electron chi connectivity index (χ3n) is 0.897. The van der Waals surface area contributed by atoms with E-state index in [-0.39, 0.29) is 0 Å². The summed E-state index contributed by atoms with van der Waals surface area (Å²) in [5.74, 6) is 0. The molecule has 1 nitrogen and oxygen atoms in total. The van der Waals surface area contributed by atoms with Crippen LogP contribution in [0.25, 0.3) is 0 Å². The minimum Gasteiger partial charge on any atom is -0.298 e. The van der Waals surface area contributed by atoms with E-state index < -0.39 is 0 Å². The number of hydrogen-bond acceptors (Lipinski definition) is 1. The van der Waals surface area contributed by atoms with Crippen molar-refractivity contribution in [2.24, 2.45) is 0 Å². The molecule has 1 N–H and O–H groups in total. The molecule has 6 heavy (non-hydrogen) atoms. The molecule has 0 rings (SSSR count). The second-order valence-corrected chi connectivity index (χ2v) is 1.81. The Hall–Kier alpha value is 0.390. The zero-order chi connectivity index (χ0) is 4.99. The van der Waals surface area contributed by atoms with Crippen LogP contribution in [0.2, 0.25) is 0 Å². The molecule has 2 atom stereocenters. The molecule has 0 aromatic heterocycles. The van der Waals surface area contributed by atoms with Crippen LogP contribution < -0.4 is 5.09 Å². The van der Waals surface area contributed by atoms with Gasteiger partial charge in [-0.1, -0.05) is 16.3 Å². The molecule has 0 amide bonds. The highest BCUT2D eigenvalue weighted by molar-refractivity contribution is 7.13. The molecule has 0 spiro atoms. The quantitative estimate of drug-likeness (QED) is 0.520. The monoisotopic (exact) mass is 105 g/mol. The molecule has 0 heterocycles. The predicted octanol–water partition coefficient (Wildman–Crippen LogP) is 1.16. The second kappa shape index (κ2) is 3.58. The van der Waals surface area contributed by atoms with Gasteiger partial charge in [0.25, 0.3) is 0 Å². The Labute approximate surface area is 41.8 Å². The number of hydrogen-bond donors (Lipinski definition) is 1. The third-order valence-corrected chi connectivity index (χ3v) is 1.47. The molecule has 0 saturated heterocycles. The van der Waals surface area contributed by atoms with Crippen LogP contribution in [0.3, 0.4) is 0 Å². The van der Waals surface area contributed by atoms with E-state index in [0.717, 1.165) is 0 Å². The first-order chi connectivity index (χ1) is 2.81. The Balaban J connectivity index is 2.75.